The van der Waals surface area contributed by atoms with Gasteiger partial charge in [-0.3, -0.25) is 4.79 Å². The summed E-state index contributed by atoms with van der Waals surface area (Å²) < 4.78 is 0. The number of carbonyl (C=O) groups is 1. The molecule has 2 unspecified atom stereocenters. The molecule has 1 fully saturated rings. The second-order valence-corrected chi connectivity index (χ2v) is 5.62. The number of hydrogen-bond donors (Lipinski definition) is 1. The Balaban J connectivity index is 2.38. The predicted molar refractivity (Wildman–Crippen MR) is 73.4 cm³/mol. The van der Waals surface area contributed by atoms with Crippen molar-refractivity contribution in [2.24, 2.45) is 5.92 Å². The lowest BCUT2D eigenvalue weighted by Gasteiger charge is -2.23. The Kier molecular flexibility index (Phi) is 4.52. The number of halogens is 2. The maximum Gasteiger partial charge on any atom is 0.307 e. The zero-order valence-electron chi connectivity index (χ0n) is 10.0. The SMILES string of the molecule is O=C(O)C1CCCCCC1c1cccc(Cl)c1Cl. The van der Waals surface area contributed by atoms with Crippen LogP contribution in [0.15, 0.2) is 18.2 Å². The van der Waals surface area contributed by atoms with Crippen molar-refractivity contribution in [1.82, 2.24) is 0 Å². The first-order chi connectivity index (χ1) is 8.61. The summed E-state index contributed by atoms with van der Waals surface area (Å²) >= 11 is 12.2. The normalized spacial score (nSPS) is 24.6. The molecule has 4 heteroatoms. The average Bonchev–Trinajstić information content (AvgIpc) is 2.58. The molecule has 2 atom stereocenters. The molecule has 18 heavy (non-hydrogen) atoms. The third-order valence-corrected chi connectivity index (χ3v) is 4.55. The van der Waals surface area contributed by atoms with Crippen LogP contribution in [0.2, 0.25) is 10.0 Å². The van der Waals surface area contributed by atoms with Gasteiger partial charge in [-0.1, -0.05) is 54.6 Å². The molecule has 1 aliphatic rings. The van der Waals surface area contributed by atoms with Gasteiger partial charge in [0.05, 0.1) is 16.0 Å². The van der Waals surface area contributed by atoms with Gasteiger partial charge in [-0.15, -0.1) is 0 Å². The first-order valence-electron chi connectivity index (χ1n) is 6.28. The first kappa shape index (κ1) is 13.7. The summed E-state index contributed by atoms with van der Waals surface area (Å²) in [5.74, 6) is -1.09. The molecule has 0 aliphatic heterocycles. The van der Waals surface area contributed by atoms with Gasteiger partial charge in [-0.2, -0.15) is 0 Å². The van der Waals surface area contributed by atoms with Gasteiger partial charge in [0.25, 0.3) is 0 Å². The largest absolute Gasteiger partial charge is 0.481 e. The summed E-state index contributed by atoms with van der Waals surface area (Å²) in [6, 6.07) is 5.48. The second kappa shape index (κ2) is 5.94. The Labute approximate surface area is 117 Å². The van der Waals surface area contributed by atoms with E-state index >= 15 is 0 Å². The van der Waals surface area contributed by atoms with Crippen LogP contribution >= 0.6 is 23.2 Å². The number of rotatable bonds is 2. The Bertz CT molecular complexity index is 445. The Hall–Kier alpha value is -0.730. The Morgan fingerprint density at radius 3 is 2.61 bits per heavy atom. The zero-order chi connectivity index (χ0) is 13.1. The van der Waals surface area contributed by atoms with E-state index in [9.17, 15) is 9.90 Å². The molecule has 98 valence electrons. The first-order valence-corrected chi connectivity index (χ1v) is 7.03. The lowest BCUT2D eigenvalue weighted by Crippen LogP contribution is -2.21. The second-order valence-electron chi connectivity index (χ2n) is 4.83. The maximum absolute atomic E-state index is 11.4. The minimum Gasteiger partial charge on any atom is -0.481 e. The van der Waals surface area contributed by atoms with Gasteiger partial charge < -0.3 is 5.11 Å². The van der Waals surface area contributed by atoms with Crippen LogP contribution < -0.4 is 0 Å². The van der Waals surface area contributed by atoms with Crippen LogP contribution in [0.1, 0.15) is 43.6 Å². The van der Waals surface area contributed by atoms with Crippen molar-refractivity contribution in [3.8, 4) is 0 Å². The van der Waals surface area contributed by atoms with E-state index in [1.165, 1.54) is 0 Å². The molecule has 0 amide bonds. The predicted octanol–water partition coefficient (Wildman–Crippen LogP) is 4.74. The number of benzene rings is 1. The highest BCUT2D eigenvalue weighted by molar-refractivity contribution is 6.42. The fourth-order valence-electron chi connectivity index (χ4n) is 2.78. The van der Waals surface area contributed by atoms with Crippen molar-refractivity contribution in [2.45, 2.75) is 38.0 Å². The standard InChI is InChI=1S/C14H16Cl2O2/c15-12-8-4-7-10(13(12)16)9-5-2-1-3-6-11(9)14(17)18/h4,7-9,11H,1-3,5-6H2,(H,17,18). The quantitative estimate of drug-likeness (QED) is 0.797. The highest BCUT2D eigenvalue weighted by atomic mass is 35.5. The van der Waals surface area contributed by atoms with Crippen molar-refractivity contribution in [1.29, 1.82) is 0 Å². The van der Waals surface area contributed by atoms with Crippen LogP contribution in [-0.4, -0.2) is 11.1 Å². The monoisotopic (exact) mass is 286 g/mol. The Morgan fingerprint density at radius 1 is 1.17 bits per heavy atom. The summed E-state index contributed by atoms with van der Waals surface area (Å²) in [6.07, 6.45) is 4.72. The molecule has 1 saturated carbocycles. The van der Waals surface area contributed by atoms with Crippen LogP contribution in [0.4, 0.5) is 0 Å². The van der Waals surface area contributed by atoms with E-state index in [0.717, 1.165) is 37.7 Å². The van der Waals surface area contributed by atoms with Gasteiger partial charge in [0.2, 0.25) is 0 Å². The van der Waals surface area contributed by atoms with Gasteiger partial charge >= 0.3 is 5.97 Å². The molecule has 0 heterocycles. The third-order valence-electron chi connectivity index (χ3n) is 3.71. The molecule has 0 aromatic heterocycles. The topological polar surface area (TPSA) is 37.3 Å². The Morgan fingerprint density at radius 2 is 1.89 bits per heavy atom. The minimum absolute atomic E-state index is 0.0174. The molecule has 0 saturated heterocycles. The molecule has 2 nitrogen and oxygen atoms in total. The van der Waals surface area contributed by atoms with E-state index in [1.54, 1.807) is 6.07 Å². The van der Waals surface area contributed by atoms with Crippen LogP contribution in [0.25, 0.3) is 0 Å². The molecule has 1 aliphatic carbocycles. The fraction of sp³-hybridized carbons (Fsp3) is 0.500. The minimum atomic E-state index is -0.724. The van der Waals surface area contributed by atoms with E-state index in [2.05, 4.69) is 0 Å². The van der Waals surface area contributed by atoms with Crippen molar-refractivity contribution in [3.05, 3.63) is 33.8 Å². The number of carboxylic acid groups (broad SMARTS) is 1. The van der Waals surface area contributed by atoms with E-state index < -0.39 is 5.97 Å². The highest BCUT2D eigenvalue weighted by Gasteiger charge is 2.32. The van der Waals surface area contributed by atoms with E-state index in [1.807, 2.05) is 12.1 Å². The van der Waals surface area contributed by atoms with E-state index in [-0.39, 0.29) is 11.8 Å². The molecule has 1 aromatic rings. The lowest BCUT2D eigenvalue weighted by molar-refractivity contribution is -0.142. The molecule has 0 bridgehead atoms. The van der Waals surface area contributed by atoms with Crippen molar-refractivity contribution < 1.29 is 9.90 Å². The van der Waals surface area contributed by atoms with Crippen LogP contribution in [0.3, 0.4) is 0 Å². The van der Waals surface area contributed by atoms with Gasteiger partial charge in [-0.25, -0.2) is 0 Å². The fourth-order valence-corrected chi connectivity index (χ4v) is 3.23. The zero-order valence-corrected chi connectivity index (χ0v) is 11.5. The summed E-state index contributed by atoms with van der Waals surface area (Å²) in [4.78, 5) is 11.4. The number of aliphatic carboxylic acids is 1. The summed E-state index contributed by atoms with van der Waals surface area (Å²) in [5, 5.41) is 10.4. The maximum atomic E-state index is 11.4. The average molecular weight is 287 g/mol. The van der Waals surface area contributed by atoms with Crippen LogP contribution in [0.5, 0.6) is 0 Å². The smallest absolute Gasteiger partial charge is 0.307 e. The highest BCUT2D eigenvalue weighted by Crippen LogP contribution is 2.41. The van der Waals surface area contributed by atoms with Gasteiger partial charge in [0, 0.05) is 0 Å². The molecule has 2 rings (SSSR count). The molecule has 0 spiro atoms. The number of hydrogen-bond acceptors (Lipinski definition) is 1. The molecule has 0 radical (unpaired) electrons. The van der Waals surface area contributed by atoms with E-state index in [4.69, 9.17) is 23.2 Å². The van der Waals surface area contributed by atoms with Crippen molar-refractivity contribution in [2.75, 3.05) is 0 Å². The summed E-state index contributed by atoms with van der Waals surface area (Å²) in [6.45, 7) is 0. The van der Waals surface area contributed by atoms with Gasteiger partial charge in [0.1, 0.15) is 0 Å². The van der Waals surface area contributed by atoms with Crippen molar-refractivity contribution in [3.63, 3.8) is 0 Å². The lowest BCUT2D eigenvalue weighted by atomic mass is 9.82. The summed E-state index contributed by atoms with van der Waals surface area (Å²) in [7, 11) is 0. The summed E-state index contributed by atoms with van der Waals surface area (Å²) in [5.41, 5.74) is 0.887. The molecular formula is C14H16Cl2O2. The van der Waals surface area contributed by atoms with Crippen LogP contribution in [-0.2, 0) is 4.79 Å². The van der Waals surface area contributed by atoms with Gasteiger partial charge in [0.15, 0.2) is 0 Å². The van der Waals surface area contributed by atoms with E-state index in [0.29, 0.717) is 10.0 Å². The van der Waals surface area contributed by atoms with Gasteiger partial charge in [-0.05, 0) is 30.4 Å². The molecule has 1 N–H and O–H groups in total. The van der Waals surface area contributed by atoms with Crippen molar-refractivity contribution >= 4 is 29.2 Å². The number of carboxylic acids is 1. The third kappa shape index (κ3) is 2.81. The molecular weight excluding hydrogens is 271 g/mol. The van der Waals surface area contributed by atoms with Crippen LogP contribution in [0, 0.1) is 5.92 Å². The molecule has 1 aromatic carbocycles.